The summed E-state index contributed by atoms with van der Waals surface area (Å²) in [6, 6.07) is 29.7. The van der Waals surface area contributed by atoms with E-state index >= 15 is 0 Å². The Kier molecular flexibility index (Phi) is 10.7. The molecule has 4 aromatic carbocycles. The molecular weight excluding hydrogens is 743 g/mol. The van der Waals surface area contributed by atoms with E-state index in [0.717, 1.165) is 11.1 Å². The first kappa shape index (κ1) is 37.1. The van der Waals surface area contributed by atoms with E-state index in [1.54, 1.807) is 23.3 Å². The summed E-state index contributed by atoms with van der Waals surface area (Å²) in [5, 5.41) is 7.62. The Labute approximate surface area is 308 Å². The maximum Gasteiger partial charge on any atom is 0.478 e. The van der Waals surface area contributed by atoms with Crippen LogP contribution in [0.2, 0.25) is 0 Å². The standard InChI is InChI=1S/C36H29N5O11S2/c1-23-33(35(37-51-23)27-9-5-3-6-10-27)25-13-17-29(18-14-25)53(45,46)39-31(42)21-49-41(44)50-22-32(43)40-54(47,48)30-19-15-26(16-20-30)34-24(2)52-38-36(34)28-11-7-4-8-12-28/h3-20H,21-22H2,1-2H3,(H-,39,40,42,43)/p+1. The SMILES string of the molecule is Cc1onc(-c2ccccc2)c1-c1ccc(S(=O)(=O)NC(=O)CO[N+](=O)OCC(=O)NS(=O)(=O)c2ccc(-c3c(-c4ccccc4)noc3C)cc2)cc1. The molecule has 0 atom stereocenters. The largest absolute Gasteiger partial charge is 0.478 e. The third-order valence-corrected chi connectivity index (χ3v) is 10.6. The van der Waals surface area contributed by atoms with Gasteiger partial charge in [0, 0.05) is 11.1 Å². The minimum absolute atomic E-state index is 0.261. The van der Waals surface area contributed by atoms with Gasteiger partial charge in [-0.05, 0) is 49.2 Å². The van der Waals surface area contributed by atoms with Gasteiger partial charge in [-0.15, -0.1) is 0 Å². The summed E-state index contributed by atoms with van der Waals surface area (Å²) in [7, 11) is -8.78. The number of hydrogen-bond acceptors (Lipinski definition) is 13. The highest BCUT2D eigenvalue weighted by Crippen LogP contribution is 2.36. The molecule has 0 saturated carbocycles. The van der Waals surface area contributed by atoms with Gasteiger partial charge < -0.3 is 9.05 Å². The van der Waals surface area contributed by atoms with Crippen LogP contribution in [0.5, 0.6) is 0 Å². The summed E-state index contributed by atoms with van der Waals surface area (Å²) in [5.74, 6) is -1.45. The van der Waals surface area contributed by atoms with Crippen LogP contribution in [0.4, 0.5) is 0 Å². The number of nitrogens with one attached hydrogen (secondary N) is 2. The van der Waals surface area contributed by atoms with Crippen LogP contribution < -0.4 is 9.44 Å². The Hall–Kier alpha value is -6.66. The van der Waals surface area contributed by atoms with E-state index in [4.69, 9.17) is 9.05 Å². The quantitative estimate of drug-likeness (QED) is 0.141. The van der Waals surface area contributed by atoms with Crippen LogP contribution >= 0.6 is 0 Å². The highest BCUT2D eigenvalue weighted by Gasteiger charge is 2.26. The van der Waals surface area contributed by atoms with E-state index in [1.165, 1.54) is 48.5 Å². The van der Waals surface area contributed by atoms with Gasteiger partial charge in [-0.1, -0.05) is 95.2 Å². The van der Waals surface area contributed by atoms with Crippen LogP contribution in [0, 0.1) is 18.8 Å². The minimum Gasteiger partial charge on any atom is -0.360 e. The first-order chi connectivity index (χ1) is 25.8. The average Bonchev–Trinajstić information content (AvgIpc) is 3.75. The van der Waals surface area contributed by atoms with Gasteiger partial charge in [0.05, 0.1) is 20.9 Å². The molecule has 0 fully saturated rings. The molecule has 276 valence electrons. The molecule has 2 heterocycles. The maximum absolute atomic E-state index is 12.8. The van der Waals surface area contributed by atoms with Crippen molar-refractivity contribution in [1.29, 1.82) is 0 Å². The molecule has 54 heavy (non-hydrogen) atoms. The lowest BCUT2D eigenvalue weighted by Gasteiger charge is -2.08. The molecule has 18 heteroatoms. The molecule has 0 spiro atoms. The third-order valence-electron chi connectivity index (χ3n) is 7.82. The molecule has 0 radical (unpaired) electrons. The fourth-order valence-corrected chi connectivity index (χ4v) is 7.29. The van der Waals surface area contributed by atoms with Crippen molar-refractivity contribution < 1.29 is 50.2 Å². The van der Waals surface area contributed by atoms with Crippen LogP contribution in [-0.2, 0) is 39.3 Å². The topological polar surface area (TPSA) is 217 Å². The van der Waals surface area contributed by atoms with Gasteiger partial charge >= 0.3 is 5.09 Å². The lowest BCUT2D eigenvalue weighted by Crippen LogP contribution is -2.36. The summed E-state index contributed by atoms with van der Waals surface area (Å²) >= 11 is 0. The Morgan fingerprint density at radius 3 is 1.28 bits per heavy atom. The minimum atomic E-state index is -4.39. The maximum atomic E-state index is 12.8. The number of carbonyl (C=O) groups is 2. The first-order valence-electron chi connectivity index (χ1n) is 15.9. The molecule has 0 bridgehead atoms. The summed E-state index contributed by atoms with van der Waals surface area (Å²) in [4.78, 5) is 45.0. The zero-order valence-corrected chi connectivity index (χ0v) is 30.1. The van der Waals surface area contributed by atoms with Crippen molar-refractivity contribution in [2.45, 2.75) is 23.6 Å². The van der Waals surface area contributed by atoms with Crippen molar-refractivity contribution in [3.05, 3.63) is 126 Å². The van der Waals surface area contributed by atoms with Gasteiger partial charge in [-0.2, -0.15) is 9.68 Å². The summed E-state index contributed by atoms with van der Waals surface area (Å²) < 4.78 is 65.5. The van der Waals surface area contributed by atoms with E-state index in [9.17, 15) is 31.3 Å². The Bertz CT molecular complexity index is 2360. The molecule has 0 unspecified atom stereocenters. The molecule has 2 amide bonds. The van der Waals surface area contributed by atoms with E-state index in [0.29, 0.717) is 45.2 Å². The average molecular weight is 773 g/mol. The van der Waals surface area contributed by atoms with E-state index in [1.807, 2.05) is 60.7 Å². The van der Waals surface area contributed by atoms with Gasteiger partial charge in [0.2, 0.25) is 13.2 Å². The first-order valence-corrected chi connectivity index (χ1v) is 18.9. The van der Waals surface area contributed by atoms with E-state index in [2.05, 4.69) is 20.0 Å². The normalized spacial score (nSPS) is 11.4. The number of nitrogens with zero attached hydrogens (tertiary/aromatic N) is 3. The Morgan fingerprint density at radius 2 is 0.926 bits per heavy atom. The number of aryl methyl sites for hydroxylation is 2. The van der Waals surface area contributed by atoms with Crippen LogP contribution in [0.1, 0.15) is 11.5 Å². The predicted octanol–water partition coefficient (Wildman–Crippen LogP) is 4.90. The van der Waals surface area contributed by atoms with Crippen LogP contribution in [-0.4, -0.2) is 57.3 Å². The van der Waals surface area contributed by atoms with Gasteiger partial charge in [0.25, 0.3) is 31.9 Å². The molecule has 16 nitrogen and oxygen atoms in total. The number of aromatic nitrogens is 2. The highest BCUT2D eigenvalue weighted by atomic mass is 32.2. The Morgan fingerprint density at radius 1 is 0.574 bits per heavy atom. The van der Waals surface area contributed by atoms with Gasteiger partial charge in [0.15, 0.2) is 0 Å². The molecule has 0 aliphatic carbocycles. The molecule has 0 aliphatic rings. The van der Waals surface area contributed by atoms with Crippen molar-refractivity contribution in [3.8, 4) is 44.8 Å². The molecule has 2 N–H and O–H groups in total. The summed E-state index contributed by atoms with van der Waals surface area (Å²) in [6.45, 7) is 1.21. The zero-order chi connectivity index (χ0) is 38.5. The van der Waals surface area contributed by atoms with Crippen LogP contribution in [0.3, 0.4) is 0 Å². The molecule has 2 aromatic heterocycles. The second-order valence-electron chi connectivity index (χ2n) is 11.5. The predicted molar refractivity (Wildman–Crippen MR) is 190 cm³/mol. The molecular formula is C36H30N5O11S2+. The molecule has 6 aromatic rings. The van der Waals surface area contributed by atoms with Gasteiger partial charge in [-0.25, -0.2) is 26.3 Å². The van der Waals surface area contributed by atoms with E-state index < -0.39 is 50.2 Å². The lowest BCUT2D eigenvalue weighted by atomic mass is 10.00. The second-order valence-corrected chi connectivity index (χ2v) is 14.9. The monoisotopic (exact) mass is 772 g/mol. The zero-order valence-electron chi connectivity index (χ0n) is 28.5. The third kappa shape index (κ3) is 8.35. The highest BCUT2D eigenvalue weighted by molar-refractivity contribution is 7.90. The number of hydrogen-bond donors (Lipinski definition) is 2. The van der Waals surface area contributed by atoms with Crippen molar-refractivity contribution in [3.63, 3.8) is 0 Å². The second kappa shape index (κ2) is 15.5. The Balaban J connectivity index is 0.983. The number of rotatable bonds is 14. The lowest BCUT2D eigenvalue weighted by molar-refractivity contribution is -0.977. The van der Waals surface area contributed by atoms with Crippen LogP contribution in [0.25, 0.3) is 44.8 Å². The fraction of sp³-hybridized carbons (Fsp3) is 0.111. The molecule has 6 rings (SSSR count). The van der Waals surface area contributed by atoms with Gasteiger partial charge in [0.1, 0.15) is 27.8 Å². The van der Waals surface area contributed by atoms with E-state index in [-0.39, 0.29) is 9.79 Å². The van der Waals surface area contributed by atoms with Crippen molar-refractivity contribution in [2.75, 3.05) is 13.2 Å². The number of amides is 2. The molecule has 0 saturated heterocycles. The number of benzene rings is 4. The van der Waals surface area contributed by atoms with Crippen LogP contribution in [0.15, 0.2) is 128 Å². The summed E-state index contributed by atoms with van der Waals surface area (Å²) in [5.41, 5.74) is 5.30. The number of sulfonamides is 2. The summed E-state index contributed by atoms with van der Waals surface area (Å²) in [6.07, 6.45) is 0. The molecule has 0 aliphatic heterocycles. The number of carbonyl (C=O) groups excluding carboxylic acids is 2. The van der Waals surface area contributed by atoms with Gasteiger partial charge in [-0.3, -0.25) is 9.59 Å². The fourth-order valence-electron chi connectivity index (χ4n) is 5.35. The van der Waals surface area contributed by atoms with Crippen molar-refractivity contribution in [2.24, 2.45) is 0 Å². The van der Waals surface area contributed by atoms with Crippen molar-refractivity contribution in [1.82, 2.24) is 19.8 Å². The smallest absolute Gasteiger partial charge is 0.360 e. The van der Waals surface area contributed by atoms with Crippen molar-refractivity contribution >= 4 is 31.9 Å².